The molecule has 0 bridgehead atoms. The molecule has 2 aromatic rings. The molecule has 3 rings (SSSR count). The van der Waals surface area contributed by atoms with Crippen LogP contribution in [0.4, 0.5) is 0 Å². The maximum Gasteiger partial charge on any atom is 0.00990 e. The third kappa shape index (κ3) is 3.71. The summed E-state index contributed by atoms with van der Waals surface area (Å²) in [5.74, 6) is 0. The quantitative estimate of drug-likeness (QED) is 0.761. The molecule has 1 aromatic carbocycles. The van der Waals surface area contributed by atoms with E-state index in [4.69, 9.17) is 0 Å². The lowest BCUT2D eigenvalue weighted by Gasteiger charge is -2.24. The highest BCUT2D eigenvalue weighted by Gasteiger charge is 2.23. The summed E-state index contributed by atoms with van der Waals surface area (Å²) in [4.78, 5) is 4.24. The summed E-state index contributed by atoms with van der Waals surface area (Å²) in [5, 5.41) is 2.19. The predicted octanol–water partition coefficient (Wildman–Crippen LogP) is 4.39. The number of aryl methyl sites for hydroxylation is 1. The molecule has 0 amide bonds. The second kappa shape index (κ2) is 7.05. The summed E-state index contributed by atoms with van der Waals surface area (Å²) in [6.07, 6.45) is 6.52. The van der Waals surface area contributed by atoms with Gasteiger partial charge < -0.3 is 4.90 Å². The molecular weight excluding hydrogens is 262 g/mol. The molecule has 2 heteroatoms. The van der Waals surface area contributed by atoms with Crippen molar-refractivity contribution < 1.29 is 0 Å². The highest BCUT2D eigenvalue weighted by molar-refractivity contribution is 7.09. The molecule has 1 unspecified atom stereocenters. The van der Waals surface area contributed by atoms with E-state index in [0.29, 0.717) is 0 Å². The van der Waals surface area contributed by atoms with Crippen LogP contribution >= 0.6 is 11.3 Å². The fraction of sp³-hybridized carbons (Fsp3) is 0.444. The minimum absolute atomic E-state index is 0.801. The van der Waals surface area contributed by atoms with Crippen LogP contribution in [0.15, 0.2) is 47.8 Å². The zero-order valence-electron chi connectivity index (χ0n) is 12.0. The Morgan fingerprint density at radius 3 is 2.75 bits per heavy atom. The minimum Gasteiger partial charge on any atom is -0.300 e. The second-order valence-corrected chi connectivity index (χ2v) is 6.72. The Morgan fingerprint density at radius 2 is 1.95 bits per heavy atom. The standard InChI is InChI=1S/C18H23NS/c1-2-6-16(7-3-1)10-11-17-8-4-13-19(17)14-12-18-9-5-15-20-18/h1-3,5-7,9,15,17H,4,8,10-14H2. The molecule has 1 saturated heterocycles. The van der Waals surface area contributed by atoms with Gasteiger partial charge in [-0.05, 0) is 55.7 Å². The Kier molecular flexibility index (Phi) is 4.88. The van der Waals surface area contributed by atoms with E-state index in [2.05, 4.69) is 52.7 Å². The van der Waals surface area contributed by atoms with Gasteiger partial charge >= 0.3 is 0 Å². The number of hydrogen-bond donors (Lipinski definition) is 0. The van der Waals surface area contributed by atoms with Crippen molar-refractivity contribution in [2.45, 2.75) is 38.1 Å². The van der Waals surface area contributed by atoms with Crippen molar-refractivity contribution in [2.75, 3.05) is 13.1 Å². The van der Waals surface area contributed by atoms with Crippen LogP contribution in [0.1, 0.15) is 29.7 Å². The molecule has 1 aromatic heterocycles. The van der Waals surface area contributed by atoms with E-state index >= 15 is 0 Å². The summed E-state index contributed by atoms with van der Waals surface area (Å²) < 4.78 is 0. The van der Waals surface area contributed by atoms with Crippen LogP contribution in [0.2, 0.25) is 0 Å². The van der Waals surface area contributed by atoms with Crippen molar-refractivity contribution in [3.8, 4) is 0 Å². The molecule has 106 valence electrons. The summed E-state index contributed by atoms with van der Waals surface area (Å²) in [5.41, 5.74) is 1.48. The first-order valence-electron chi connectivity index (χ1n) is 7.72. The van der Waals surface area contributed by atoms with E-state index in [9.17, 15) is 0 Å². The highest BCUT2D eigenvalue weighted by atomic mass is 32.1. The van der Waals surface area contributed by atoms with Gasteiger partial charge in [0.25, 0.3) is 0 Å². The normalized spacial score (nSPS) is 19.5. The van der Waals surface area contributed by atoms with E-state index in [1.165, 1.54) is 55.6 Å². The predicted molar refractivity (Wildman–Crippen MR) is 87.4 cm³/mol. The Hall–Kier alpha value is -1.12. The van der Waals surface area contributed by atoms with Gasteiger partial charge in [-0.2, -0.15) is 0 Å². The van der Waals surface area contributed by atoms with E-state index in [0.717, 1.165) is 6.04 Å². The third-order valence-corrected chi connectivity index (χ3v) is 5.27. The van der Waals surface area contributed by atoms with Crippen LogP contribution < -0.4 is 0 Å². The average Bonchev–Trinajstić information content (AvgIpc) is 3.15. The van der Waals surface area contributed by atoms with Gasteiger partial charge in [-0.15, -0.1) is 11.3 Å². The van der Waals surface area contributed by atoms with Crippen molar-refractivity contribution >= 4 is 11.3 Å². The van der Waals surface area contributed by atoms with Crippen molar-refractivity contribution in [3.63, 3.8) is 0 Å². The lowest BCUT2D eigenvalue weighted by molar-refractivity contribution is 0.246. The lowest BCUT2D eigenvalue weighted by atomic mass is 10.0. The maximum absolute atomic E-state index is 2.71. The largest absolute Gasteiger partial charge is 0.300 e. The number of benzene rings is 1. The summed E-state index contributed by atoms with van der Waals surface area (Å²) in [6.45, 7) is 2.53. The topological polar surface area (TPSA) is 3.24 Å². The highest BCUT2D eigenvalue weighted by Crippen LogP contribution is 2.22. The first-order chi connectivity index (χ1) is 9.92. The van der Waals surface area contributed by atoms with Crippen LogP contribution in [-0.4, -0.2) is 24.0 Å². The fourth-order valence-electron chi connectivity index (χ4n) is 3.20. The van der Waals surface area contributed by atoms with E-state index < -0.39 is 0 Å². The van der Waals surface area contributed by atoms with Crippen LogP contribution in [-0.2, 0) is 12.8 Å². The van der Waals surface area contributed by atoms with Gasteiger partial charge in [-0.3, -0.25) is 0 Å². The summed E-state index contributed by atoms with van der Waals surface area (Å²) in [6, 6.07) is 16.1. The Balaban J connectivity index is 1.48. The number of likely N-dealkylation sites (tertiary alicyclic amines) is 1. The van der Waals surface area contributed by atoms with Crippen molar-refractivity contribution in [3.05, 3.63) is 58.3 Å². The number of rotatable bonds is 6. The Labute approximate surface area is 126 Å². The molecule has 0 saturated carbocycles. The van der Waals surface area contributed by atoms with Gasteiger partial charge in [0.2, 0.25) is 0 Å². The maximum atomic E-state index is 2.71. The number of nitrogens with zero attached hydrogens (tertiary/aromatic N) is 1. The lowest BCUT2D eigenvalue weighted by Crippen LogP contribution is -2.31. The molecule has 0 aliphatic carbocycles. The van der Waals surface area contributed by atoms with Crippen LogP contribution in [0, 0.1) is 0 Å². The molecule has 20 heavy (non-hydrogen) atoms. The SMILES string of the molecule is c1ccc(CCC2CCCN2CCc2cccs2)cc1. The molecule has 2 heterocycles. The molecule has 1 nitrogen and oxygen atoms in total. The van der Waals surface area contributed by atoms with Crippen LogP contribution in [0.25, 0.3) is 0 Å². The van der Waals surface area contributed by atoms with E-state index in [1.54, 1.807) is 0 Å². The summed E-state index contributed by atoms with van der Waals surface area (Å²) >= 11 is 1.89. The third-order valence-electron chi connectivity index (χ3n) is 4.33. The number of hydrogen-bond acceptors (Lipinski definition) is 2. The molecule has 1 aliphatic heterocycles. The van der Waals surface area contributed by atoms with Gasteiger partial charge in [0, 0.05) is 17.5 Å². The molecule has 0 radical (unpaired) electrons. The van der Waals surface area contributed by atoms with Crippen molar-refractivity contribution in [1.29, 1.82) is 0 Å². The Morgan fingerprint density at radius 1 is 1.05 bits per heavy atom. The van der Waals surface area contributed by atoms with E-state index in [1.807, 2.05) is 11.3 Å². The van der Waals surface area contributed by atoms with E-state index in [-0.39, 0.29) is 0 Å². The molecule has 0 spiro atoms. The first-order valence-corrected chi connectivity index (χ1v) is 8.60. The second-order valence-electron chi connectivity index (χ2n) is 5.69. The smallest absolute Gasteiger partial charge is 0.00990 e. The molecule has 1 aliphatic rings. The molecule has 0 N–H and O–H groups in total. The van der Waals surface area contributed by atoms with Gasteiger partial charge in [0.05, 0.1) is 0 Å². The molecular formula is C18H23NS. The monoisotopic (exact) mass is 285 g/mol. The van der Waals surface area contributed by atoms with Gasteiger partial charge in [-0.25, -0.2) is 0 Å². The molecule has 1 atom stereocenters. The zero-order chi connectivity index (χ0) is 13.6. The van der Waals surface area contributed by atoms with Gasteiger partial charge in [-0.1, -0.05) is 36.4 Å². The zero-order valence-corrected chi connectivity index (χ0v) is 12.8. The van der Waals surface area contributed by atoms with Crippen LogP contribution in [0.3, 0.4) is 0 Å². The van der Waals surface area contributed by atoms with Gasteiger partial charge in [0.15, 0.2) is 0 Å². The Bertz CT molecular complexity index is 491. The average molecular weight is 285 g/mol. The first kappa shape index (κ1) is 13.8. The van der Waals surface area contributed by atoms with Gasteiger partial charge in [0.1, 0.15) is 0 Å². The number of thiophene rings is 1. The van der Waals surface area contributed by atoms with Crippen LogP contribution in [0.5, 0.6) is 0 Å². The van der Waals surface area contributed by atoms with Crippen molar-refractivity contribution in [1.82, 2.24) is 4.90 Å². The van der Waals surface area contributed by atoms with Crippen molar-refractivity contribution in [2.24, 2.45) is 0 Å². The minimum atomic E-state index is 0.801. The molecule has 1 fully saturated rings. The summed E-state index contributed by atoms with van der Waals surface area (Å²) in [7, 11) is 0. The fourth-order valence-corrected chi connectivity index (χ4v) is 3.90.